The topological polar surface area (TPSA) is 96.2 Å². The van der Waals surface area contributed by atoms with Gasteiger partial charge in [-0.25, -0.2) is 9.67 Å². The molecule has 1 aromatic carbocycles. The lowest BCUT2D eigenvalue weighted by atomic mass is 10.1. The van der Waals surface area contributed by atoms with Crippen LogP contribution < -0.4 is 5.32 Å². The molecule has 1 fully saturated rings. The number of β-amino-alcohol motifs (C(OH)–C–C–N with tert-alkyl or cyclic N) is 1. The molecule has 0 aliphatic carbocycles. The maximum atomic E-state index is 12.7. The number of aliphatic hydroxyl groups excluding tert-OH is 1. The van der Waals surface area contributed by atoms with E-state index in [2.05, 4.69) is 26.4 Å². The van der Waals surface area contributed by atoms with Crippen molar-refractivity contribution in [2.75, 3.05) is 18.4 Å². The molecule has 1 atom stereocenters. The first-order chi connectivity index (χ1) is 13.9. The predicted molar refractivity (Wildman–Crippen MR) is 110 cm³/mol. The molecule has 3 aromatic rings. The maximum Gasteiger partial charge on any atom is 0.257 e. The number of nitrogens with zero attached hydrogens (tertiary/aromatic N) is 5. The maximum absolute atomic E-state index is 12.7. The van der Waals surface area contributed by atoms with Gasteiger partial charge in [-0.1, -0.05) is 6.07 Å². The first-order valence-electron chi connectivity index (χ1n) is 9.61. The first-order valence-corrected chi connectivity index (χ1v) is 9.61. The Kier molecular flexibility index (Phi) is 5.02. The van der Waals surface area contributed by atoms with E-state index in [0.717, 1.165) is 16.8 Å². The van der Waals surface area contributed by atoms with Crippen LogP contribution >= 0.6 is 0 Å². The van der Waals surface area contributed by atoms with Crippen LogP contribution in [0.2, 0.25) is 0 Å². The zero-order valence-electron chi connectivity index (χ0n) is 16.8. The summed E-state index contributed by atoms with van der Waals surface area (Å²) in [6.07, 6.45) is 3.50. The SMILES string of the molecule is Cc1cc(C)cc(Nc2nccc(-n3cc(C(=O)N4CCC(O)C4)c(C)n3)n2)c1. The molecule has 1 amide bonds. The summed E-state index contributed by atoms with van der Waals surface area (Å²) in [4.78, 5) is 23.2. The summed E-state index contributed by atoms with van der Waals surface area (Å²) >= 11 is 0. The van der Waals surface area contributed by atoms with Crippen LogP contribution in [0.4, 0.5) is 11.6 Å². The predicted octanol–water partition coefficient (Wildman–Crippen LogP) is 2.54. The summed E-state index contributed by atoms with van der Waals surface area (Å²) in [5.41, 5.74) is 4.36. The van der Waals surface area contributed by atoms with Gasteiger partial charge in [0.25, 0.3) is 5.91 Å². The Morgan fingerprint density at radius 1 is 1.21 bits per heavy atom. The lowest BCUT2D eigenvalue weighted by molar-refractivity contribution is 0.0764. The molecule has 0 bridgehead atoms. The van der Waals surface area contributed by atoms with Gasteiger partial charge < -0.3 is 15.3 Å². The van der Waals surface area contributed by atoms with Crippen LogP contribution in [0.15, 0.2) is 36.7 Å². The standard InChI is InChI=1S/C21H24N6O2/c1-13-8-14(2)10-16(9-13)23-21-22-6-4-19(24-21)27-12-18(15(3)25-27)20(29)26-7-5-17(28)11-26/h4,6,8-10,12,17,28H,5,7,11H2,1-3H3,(H,22,23,24). The molecule has 1 unspecified atom stereocenters. The van der Waals surface area contributed by atoms with Gasteiger partial charge in [0.1, 0.15) is 0 Å². The van der Waals surface area contributed by atoms with E-state index in [9.17, 15) is 9.90 Å². The highest BCUT2D eigenvalue weighted by Crippen LogP contribution is 2.19. The van der Waals surface area contributed by atoms with Crippen molar-refractivity contribution in [3.63, 3.8) is 0 Å². The van der Waals surface area contributed by atoms with Crippen LogP contribution in [0, 0.1) is 20.8 Å². The van der Waals surface area contributed by atoms with Gasteiger partial charge in [-0.05, 0) is 50.5 Å². The largest absolute Gasteiger partial charge is 0.391 e. The fourth-order valence-corrected chi connectivity index (χ4v) is 3.60. The third-order valence-electron chi connectivity index (χ3n) is 4.93. The van der Waals surface area contributed by atoms with Crippen molar-refractivity contribution in [1.82, 2.24) is 24.6 Å². The second-order valence-corrected chi connectivity index (χ2v) is 7.51. The molecule has 1 aliphatic rings. The lowest BCUT2D eigenvalue weighted by Crippen LogP contribution is -2.29. The number of hydrogen-bond acceptors (Lipinski definition) is 6. The first kappa shape index (κ1) is 19.1. The molecule has 2 N–H and O–H groups in total. The number of carbonyl (C=O) groups is 1. The minimum Gasteiger partial charge on any atom is -0.391 e. The number of benzene rings is 1. The summed E-state index contributed by atoms with van der Waals surface area (Å²) in [6, 6.07) is 7.91. The number of nitrogens with one attached hydrogen (secondary N) is 1. The van der Waals surface area contributed by atoms with E-state index in [0.29, 0.717) is 42.5 Å². The van der Waals surface area contributed by atoms with Crippen molar-refractivity contribution in [2.24, 2.45) is 0 Å². The number of aryl methyl sites for hydroxylation is 3. The summed E-state index contributed by atoms with van der Waals surface area (Å²) in [5, 5.41) is 17.4. The van der Waals surface area contributed by atoms with Gasteiger partial charge in [-0.2, -0.15) is 10.1 Å². The van der Waals surface area contributed by atoms with Crippen molar-refractivity contribution in [1.29, 1.82) is 0 Å². The van der Waals surface area contributed by atoms with E-state index in [1.165, 1.54) is 0 Å². The van der Waals surface area contributed by atoms with Crippen molar-refractivity contribution in [3.8, 4) is 5.82 Å². The molecule has 4 rings (SSSR count). The molecule has 29 heavy (non-hydrogen) atoms. The molecule has 1 saturated heterocycles. The Bertz CT molecular complexity index is 1040. The molecule has 8 heteroatoms. The average Bonchev–Trinajstić information content (AvgIpc) is 3.26. The van der Waals surface area contributed by atoms with Gasteiger partial charge >= 0.3 is 0 Å². The zero-order valence-corrected chi connectivity index (χ0v) is 16.8. The lowest BCUT2D eigenvalue weighted by Gasteiger charge is -2.14. The summed E-state index contributed by atoms with van der Waals surface area (Å²) in [7, 11) is 0. The molecule has 0 radical (unpaired) electrons. The molecule has 1 aliphatic heterocycles. The number of rotatable bonds is 4. The Morgan fingerprint density at radius 2 is 1.97 bits per heavy atom. The fourth-order valence-electron chi connectivity index (χ4n) is 3.60. The monoisotopic (exact) mass is 392 g/mol. The van der Waals surface area contributed by atoms with Crippen LogP contribution in [0.3, 0.4) is 0 Å². The van der Waals surface area contributed by atoms with Crippen LogP contribution in [-0.4, -0.2) is 54.9 Å². The van der Waals surface area contributed by atoms with Crippen LogP contribution in [0.1, 0.15) is 33.6 Å². The van der Waals surface area contributed by atoms with Gasteiger partial charge in [0.05, 0.1) is 17.4 Å². The third kappa shape index (κ3) is 4.12. The van der Waals surface area contributed by atoms with E-state index in [1.54, 1.807) is 35.0 Å². The molecule has 0 saturated carbocycles. The van der Waals surface area contributed by atoms with E-state index in [4.69, 9.17) is 0 Å². The van der Waals surface area contributed by atoms with Gasteiger partial charge in [-0.15, -0.1) is 0 Å². The van der Waals surface area contributed by atoms with Crippen LogP contribution in [0.5, 0.6) is 0 Å². The van der Waals surface area contributed by atoms with Crippen LogP contribution in [-0.2, 0) is 0 Å². The van der Waals surface area contributed by atoms with Crippen LogP contribution in [0.25, 0.3) is 5.82 Å². The van der Waals surface area contributed by atoms with Gasteiger partial charge in [0.2, 0.25) is 5.95 Å². The summed E-state index contributed by atoms with van der Waals surface area (Å²) in [5.74, 6) is 0.902. The highest BCUT2D eigenvalue weighted by molar-refractivity contribution is 5.95. The second-order valence-electron chi connectivity index (χ2n) is 7.51. The fraction of sp³-hybridized carbons (Fsp3) is 0.333. The number of hydrogen-bond donors (Lipinski definition) is 2. The van der Waals surface area contributed by atoms with E-state index >= 15 is 0 Å². The Hall–Kier alpha value is -3.26. The number of amides is 1. The number of aliphatic hydroxyl groups is 1. The van der Waals surface area contributed by atoms with E-state index in [1.807, 2.05) is 26.0 Å². The minimum absolute atomic E-state index is 0.118. The molecular formula is C21H24N6O2. The average molecular weight is 392 g/mol. The molecular weight excluding hydrogens is 368 g/mol. The van der Waals surface area contributed by atoms with Crippen molar-refractivity contribution in [2.45, 2.75) is 33.3 Å². The van der Waals surface area contributed by atoms with E-state index < -0.39 is 6.10 Å². The highest BCUT2D eigenvalue weighted by atomic mass is 16.3. The van der Waals surface area contributed by atoms with Crippen molar-refractivity contribution >= 4 is 17.5 Å². The Balaban J connectivity index is 1.58. The van der Waals surface area contributed by atoms with Gasteiger partial charge in [-0.3, -0.25) is 4.79 Å². The molecule has 3 heterocycles. The molecule has 8 nitrogen and oxygen atoms in total. The van der Waals surface area contributed by atoms with Gasteiger partial charge in [0, 0.05) is 37.2 Å². The number of likely N-dealkylation sites (tertiary alicyclic amines) is 1. The highest BCUT2D eigenvalue weighted by Gasteiger charge is 2.27. The van der Waals surface area contributed by atoms with E-state index in [-0.39, 0.29) is 5.91 Å². The van der Waals surface area contributed by atoms with Crippen molar-refractivity contribution < 1.29 is 9.90 Å². The zero-order chi connectivity index (χ0) is 20.5. The molecule has 150 valence electrons. The number of aromatic nitrogens is 4. The molecule has 2 aromatic heterocycles. The minimum atomic E-state index is -0.449. The number of carbonyl (C=O) groups excluding carboxylic acids is 1. The summed E-state index contributed by atoms with van der Waals surface area (Å²) < 4.78 is 1.59. The smallest absolute Gasteiger partial charge is 0.257 e. The normalized spacial score (nSPS) is 16.3. The Labute approximate surface area is 169 Å². The quantitative estimate of drug-likeness (QED) is 0.708. The molecule has 0 spiro atoms. The van der Waals surface area contributed by atoms with Crippen molar-refractivity contribution in [3.05, 3.63) is 59.0 Å². The van der Waals surface area contributed by atoms with Gasteiger partial charge in [0.15, 0.2) is 5.82 Å². The third-order valence-corrected chi connectivity index (χ3v) is 4.93. The summed E-state index contributed by atoms with van der Waals surface area (Å²) in [6.45, 7) is 6.80. The second kappa shape index (κ2) is 7.63. The number of anilines is 2. The Morgan fingerprint density at radius 3 is 2.66 bits per heavy atom.